The molecule has 0 saturated heterocycles. The van der Waals surface area contributed by atoms with E-state index in [2.05, 4.69) is 4.98 Å². The molecule has 0 spiro atoms. The van der Waals surface area contributed by atoms with Gasteiger partial charge in [0.25, 0.3) is 0 Å². The summed E-state index contributed by atoms with van der Waals surface area (Å²) in [5.41, 5.74) is 5.03. The van der Waals surface area contributed by atoms with E-state index in [-0.39, 0.29) is 5.01 Å². The quantitative estimate of drug-likeness (QED) is 0.874. The molecule has 0 fully saturated rings. The van der Waals surface area contributed by atoms with Gasteiger partial charge in [-0.15, -0.1) is 11.3 Å². The molecule has 1 unspecified atom stereocenters. The number of rotatable bonds is 3. The minimum atomic E-state index is -4.42. The molecule has 0 aromatic carbocycles. The SMILES string of the molecule is CN(C)Cc1cnc(C(N)C(F)(F)F)s1. The number of aromatic nitrogens is 1. The van der Waals surface area contributed by atoms with Gasteiger partial charge < -0.3 is 10.6 Å². The van der Waals surface area contributed by atoms with Gasteiger partial charge in [0.1, 0.15) is 5.01 Å². The first-order valence-corrected chi connectivity index (χ1v) is 5.04. The van der Waals surface area contributed by atoms with Crippen LogP contribution in [-0.2, 0) is 6.54 Å². The van der Waals surface area contributed by atoms with E-state index in [9.17, 15) is 13.2 Å². The van der Waals surface area contributed by atoms with Gasteiger partial charge in [-0.25, -0.2) is 4.98 Å². The van der Waals surface area contributed by atoms with E-state index in [1.165, 1.54) is 6.20 Å². The van der Waals surface area contributed by atoms with E-state index in [0.717, 1.165) is 16.2 Å². The molecule has 0 aliphatic carbocycles. The van der Waals surface area contributed by atoms with Crippen LogP contribution in [0.3, 0.4) is 0 Å². The highest BCUT2D eigenvalue weighted by Gasteiger charge is 2.39. The maximum Gasteiger partial charge on any atom is 0.410 e. The molecule has 1 atom stereocenters. The number of nitrogens with zero attached hydrogens (tertiary/aromatic N) is 2. The van der Waals surface area contributed by atoms with E-state index in [1.807, 2.05) is 19.0 Å². The fourth-order valence-electron chi connectivity index (χ4n) is 0.991. The van der Waals surface area contributed by atoms with Gasteiger partial charge in [-0.05, 0) is 14.1 Å². The van der Waals surface area contributed by atoms with Crippen molar-refractivity contribution < 1.29 is 13.2 Å². The van der Waals surface area contributed by atoms with Gasteiger partial charge in [0.15, 0.2) is 6.04 Å². The van der Waals surface area contributed by atoms with Crippen LogP contribution in [0.4, 0.5) is 13.2 Å². The Morgan fingerprint density at radius 2 is 2.13 bits per heavy atom. The molecule has 2 N–H and O–H groups in total. The summed E-state index contributed by atoms with van der Waals surface area (Å²) in [6.45, 7) is 0.572. The average Bonchev–Trinajstić information content (AvgIpc) is 2.48. The third-order valence-electron chi connectivity index (χ3n) is 1.66. The molecular weight excluding hydrogens is 227 g/mol. The van der Waals surface area contributed by atoms with Crippen LogP contribution in [0.5, 0.6) is 0 Å². The smallest absolute Gasteiger partial charge is 0.314 e. The minimum absolute atomic E-state index is 0.0839. The number of hydrogen-bond acceptors (Lipinski definition) is 4. The summed E-state index contributed by atoms with van der Waals surface area (Å²) in [6.07, 6.45) is -2.99. The van der Waals surface area contributed by atoms with Gasteiger partial charge in [-0.1, -0.05) is 0 Å². The van der Waals surface area contributed by atoms with Gasteiger partial charge in [0, 0.05) is 17.6 Å². The summed E-state index contributed by atoms with van der Waals surface area (Å²) in [7, 11) is 3.67. The highest BCUT2D eigenvalue weighted by atomic mass is 32.1. The van der Waals surface area contributed by atoms with Gasteiger partial charge in [-0.3, -0.25) is 0 Å². The van der Waals surface area contributed by atoms with Gasteiger partial charge in [0.2, 0.25) is 0 Å². The lowest BCUT2D eigenvalue weighted by Crippen LogP contribution is -2.28. The minimum Gasteiger partial charge on any atom is -0.314 e. The molecule has 0 radical (unpaired) electrons. The van der Waals surface area contributed by atoms with Crippen molar-refractivity contribution in [3.05, 3.63) is 16.1 Å². The number of nitrogens with two attached hydrogens (primary N) is 1. The van der Waals surface area contributed by atoms with Crippen molar-refractivity contribution in [3.63, 3.8) is 0 Å². The summed E-state index contributed by atoms with van der Waals surface area (Å²) in [5.74, 6) is 0. The number of alkyl halides is 3. The van der Waals surface area contributed by atoms with Crippen LogP contribution < -0.4 is 5.73 Å². The van der Waals surface area contributed by atoms with Crippen molar-refractivity contribution in [2.45, 2.75) is 18.8 Å². The predicted octanol–water partition coefficient (Wildman–Crippen LogP) is 1.77. The van der Waals surface area contributed by atoms with Gasteiger partial charge in [0.05, 0.1) is 0 Å². The summed E-state index contributed by atoms with van der Waals surface area (Å²) in [4.78, 5) is 6.31. The largest absolute Gasteiger partial charge is 0.410 e. The van der Waals surface area contributed by atoms with Crippen LogP contribution in [-0.4, -0.2) is 30.2 Å². The third kappa shape index (κ3) is 3.44. The highest BCUT2D eigenvalue weighted by Crippen LogP contribution is 2.32. The third-order valence-corrected chi connectivity index (χ3v) is 2.73. The molecule has 0 aliphatic heterocycles. The second-order valence-corrected chi connectivity index (χ2v) is 4.57. The molecule has 1 aromatic heterocycles. The van der Waals surface area contributed by atoms with Crippen LogP contribution in [0.25, 0.3) is 0 Å². The van der Waals surface area contributed by atoms with E-state index in [0.29, 0.717) is 6.54 Å². The van der Waals surface area contributed by atoms with Crippen molar-refractivity contribution in [2.75, 3.05) is 14.1 Å². The fraction of sp³-hybridized carbons (Fsp3) is 0.625. The summed E-state index contributed by atoms with van der Waals surface area (Å²) in [6, 6.07) is -1.97. The normalized spacial score (nSPS) is 14.6. The van der Waals surface area contributed by atoms with Crippen LogP contribution in [0, 0.1) is 0 Å². The topological polar surface area (TPSA) is 42.2 Å². The van der Waals surface area contributed by atoms with Crippen molar-refractivity contribution in [2.24, 2.45) is 5.73 Å². The number of halogens is 3. The van der Waals surface area contributed by atoms with Crippen LogP contribution in [0.2, 0.25) is 0 Å². The second kappa shape index (κ2) is 4.46. The van der Waals surface area contributed by atoms with E-state index >= 15 is 0 Å². The van der Waals surface area contributed by atoms with Crippen molar-refractivity contribution in [1.82, 2.24) is 9.88 Å². The first-order valence-electron chi connectivity index (χ1n) is 4.22. The Hall–Kier alpha value is -0.660. The standard InChI is InChI=1S/C8H12F3N3S/c1-14(2)4-5-3-13-7(15-5)6(12)8(9,10)11/h3,6H,4,12H2,1-2H3. The molecule has 1 heterocycles. The molecular formula is C8H12F3N3S. The zero-order valence-corrected chi connectivity index (χ0v) is 9.19. The zero-order valence-electron chi connectivity index (χ0n) is 8.38. The van der Waals surface area contributed by atoms with E-state index < -0.39 is 12.2 Å². The number of hydrogen-bond donors (Lipinski definition) is 1. The molecule has 1 rings (SSSR count). The second-order valence-electron chi connectivity index (χ2n) is 3.42. The molecule has 15 heavy (non-hydrogen) atoms. The Labute approximate surface area is 89.7 Å². The molecule has 1 aromatic rings. The Morgan fingerprint density at radius 3 is 2.60 bits per heavy atom. The van der Waals surface area contributed by atoms with Gasteiger partial charge >= 0.3 is 6.18 Å². The molecule has 7 heteroatoms. The summed E-state index contributed by atoms with van der Waals surface area (Å²) in [5, 5.41) is -0.0839. The Bertz CT molecular complexity index is 321. The van der Waals surface area contributed by atoms with Crippen molar-refractivity contribution in [1.29, 1.82) is 0 Å². The zero-order chi connectivity index (χ0) is 11.6. The van der Waals surface area contributed by atoms with Gasteiger partial charge in [-0.2, -0.15) is 13.2 Å². The lowest BCUT2D eigenvalue weighted by atomic mass is 10.3. The molecule has 86 valence electrons. The Kier molecular flexibility index (Phi) is 3.69. The molecule has 0 aliphatic rings. The molecule has 3 nitrogen and oxygen atoms in total. The first-order chi connectivity index (χ1) is 6.80. The molecule has 0 bridgehead atoms. The monoisotopic (exact) mass is 239 g/mol. The lowest BCUT2D eigenvalue weighted by Gasteiger charge is -2.12. The predicted molar refractivity (Wildman–Crippen MR) is 52.5 cm³/mol. The summed E-state index contributed by atoms with van der Waals surface area (Å²) >= 11 is 0.998. The van der Waals surface area contributed by atoms with Crippen molar-refractivity contribution in [3.8, 4) is 0 Å². The average molecular weight is 239 g/mol. The highest BCUT2D eigenvalue weighted by molar-refractivity contribution is 7.11. The van der Waals surface area contributed by atoms with Crippen LogP contribution in [0.1, 0.15) is 15.9 Å². The maximum atomic E-state index is 12.2. The molecule has 0 amide bonds. The lowest BCUT2D eigenvalue weighted by molar-refractivity contribution is -0.149. The van der Waals surface area contributed by atoms with Crippen LogP contribution >= 0.6 is 11.3 Å². The summed E-state index contributed by atoms with van der Waals surface area (Å²) < 4.78 is 36.7. The maximum absolute atomic E-state index is 12.2. The van der Waals surface area contributed by atoms with E-state index in [4.69, 9.17) is 5.73 Å². The van der Waals surface area contributed by atoms with Crippen LogP contribution in [0.15, 0.2) is 6.20 Å². The first kappa shape index (κ1) is 12.4. The number of thiazole rings is 1. The Balaban J connectivity index is 2.76. The van der Waals surface area contributed by atoms with Crippen molar-refractivity contribution >= 4 is 11.3 Å². The fourth-order valence-corrected chi connectivity index (χ4v) is 2.05. The van der Waals surface area contributed by atoms with E-state index in [1.54, 1.807) is 0 Å². The molecule has 0 saturated carbocycles. The Morgan fingerprint density at radius 1 is 1.53 bits per heavy atom.